The number of nitrogens with zero attached hydrogens (tertiary/aromatic N) is 2. The third-order valence-electron chi connectivity index (χ3n) is 4.40. The molecular formula is C15H20BrClN2. The minimum Gasteiger partial charge on any atom is -0.365 e. The number of piperidine rings is 1. The Morgan fingerprint density at radius 1 is 1.26 bits per heavy atom. The van der Waals surface area contributed by atoms with Crippen LogP contribution in [0.4, 0.5) is 5.69 Å². The van der Waals surface area contributed by atoms with E-state index >= 15 is 0 Å². The second kappa shape index (κ2) is 5.63. The van der Waals surface area contributed by atoms with Crippen molar-refractivity contribution < 1.29 is 0 Å². The Kier molecular flexibility index (Phi) is 4.06. The van der Waals surface area contributed by atoms with Gasteiger partial charge in [-0.3, -0.25) is 4.90 Å². The molecule has 0 N–H and O–H groups in total. The van der Waals surface area contributed by atoms with Gasteiger partial charge in [0.15, 0.2) is 0 Å². The molecule has 0 amide bonds. The fraction of sp³-hybridized carbons (Fsp3) is 0.600. The van der Waals surface area contributed by atoms with Gasteiger partial charge < -0.3 is 4.90 Å². The summed E-state index contributed by atoms with van der Waals surface area (Å²) < 4.78 is 1.10. The van der Waals surface area contributed by atoms with E-state index in [1.54, 1.807) is 0 Å². The summed E-state index contributed by atoms with van der Waals surface area (Å²) in [5, 5.41) is 0.860. The number of rotatable bonds is 1. The normalized spacial score (nSPS) is 28.3. The Balaban J connectivity index is 1.85. The number of piperazine rings is 1. The molecule has 0 radical (unpaired) electrons. The van der Waals surface area contributed by atoms with Crippen LogP contribution >= 0.6 is 27.5 Å². The summed E-state index contributed by atoms with van der Waals surface area (Å²) in [5.74, 6) is 0. The first-order valence-corrected chi connectivity index (χ1v) is 8.28. The van der Waals surface area contributed by atoms with Crippen molar-refractivity contribution in [3.05, 3.63) is 27.7 Å². The van der Waals surface area contributed by atoms with Crippen LogP contribution in [-0.4, -0.2) is 36.6 Å². The Labute approximate surface area is 128 Å². The van der Waals surface area contributed by atoms with Crippen molar-refractivity contribution in [1.82, 2.24) is 4.90 Å². The molecule has 2 aliphatic rings. The Morgan fingerprint density at radius 2 is 2.11 bits per heavy atom. The van der Waals surface area contributed by atoms with E-state index in [2.05, 4.69) is 38.7 Å². The molecule has 3 rings (SSSR count). The van der Waals surface area contributed by atoms with E-state index in [1.165, 1.54) is 31.5 Å². The average Bonchev–Trinajstić information content (AvgIpc) is 2.41. The molecule has 0 bridgehead atoms. The number of benzene rings is 1. The molecule has 0 aromatic heterocycles. The van der Waals surface area contributed by atoms with Crippen LogP contribution in [0.25, 0.3) is 0 Å². The van der Waals surface area contributed by atoms with E-state index in [0.717, 1.165) is 22.6 Å². The summed E-state index contributed by atoms with van der Waals surface area (Å²) in [5.41, 5.74) is 1.17. The van der Waals surface area contributed by atoms with Gasteiger partial charge in [-0.1, -0.05) is 34.0 Å². The smallest absolute Gasteiger partial charge is 0.0640 e. The van der Waals surface area contributed by atoms with Crippen molar-refractivity contribution in [2.75, 3.05) is 24.5 Å². The van der Waals surface area contributed by atoms with Gasteiger partial charge in [-0.15, -0.1) is 0 Å². The van der Waals surface area contributed by atoms with Crippen LogP contribution in [0.15, 0.2) is 22.7 Å². The lowest BCUT2D eigenvalue weighted by Crippen LogP contribution is -2.58. The first-order valence-electron chi connectivity index (χ1n) is 7.11. The van der Waals surface area contributed by atoms with Crippen LogP contribution in [-0.2, 0) is 0 Å². The predicted octanol–water partition coefficient (Wildman–Crippen LogP) is 4.17. The summed E-state index contributed by atoms with van der Waals surface area (Å²) >= 11 is 9.95. The number of anilines is 1. The van der Waals surface area contributed by atoms with Crippen LogP contribution in [0.5, 0.6) is 0 Å². The van der Waals surface area contributed by atoms with Gasteiger partial charge in [-0.2, -0.15) is 0 Å². The topological polar surface area (TPSA) is 6.48 Å². The second-order valence-electron chi connectivity index (χ2n) is 5.74. The molecule has 0 saturated carbocycles. The highest BCUT2D eigenvalue weighted by Gasteiger charge is 2.33. The third-order valence-corrected chi connectivity index (χ3v) is 5.22. The van der Waals surface area contributed by atoms with E-state index < -0.39 is 0 Å². The van der Waals surface area contributed by atoms with Crippen molar-refractivity contribution in [1.29, 1.82) is 0 Å². The summed E-state index contributed by atoms with van der Waals surface area (Å²) in [4.78, 5) is 5.15. The van der Waals surface area contributed by atoms with Gasteiger partial charge in [-0.25, -0.2) is 0 Å². The van der Waals surface area contributed by atoms with Gasteiger partial charge in [0.1, 0.15) is 0 Å². The minimum absolute atomic E-state index is 0.529. The molecule has 104 valence electrons. The monoisotopic (exact) mass is 342 g/mol. The van der Waals surface area contributed by atoms with Crippen molar-refractivity contribution in [3.8, 4) is 0 Å². The van der Waals surface area contributed by atoms with Crippen molar-refractivity contribution in [2.45, 2.75) is 38.3 Å². The molecule has 4 heteroatoms. The van der Waals surface area contributed by atoms with E-state index in [4.69, 9.17) is 11.6 Å². The standard InChI is InChI=1S/C15H20BrClN2/c1-11-9-18-7-3-2-4-13(18)10-19(11)15-8-12(16)5-6-14(15)17/h5-6,8,11,13H,2-4,7,9-10H2,1H3. The molecule has 1 aromatic carbocycles. The Bertz CT molecular complexity index is 465. The van der Waals surface area contributed by atoms with Crippen LogP contribution in [0.3, 0.4) is 0 Å². The second-order valence-corrected chi connectivity index (χ2v) is 7.06. The maximum atomic E-state index is 6.39. The first kappa shape index (κ1) is 13.7. The maximum absolute atomic E-state index is 6.39. The maximum Gasteiger partial charge on any atom is 0.0640 e. The van der Waals surface area contributed by atoms with E-state index in [0.29, 0.717) is 12.1 Å². The first-order chi connectivity index (χ1) is 9.15. The molecule has 2 heterocycles. The summed E-state index contributed by atoms with van der Waals surface area (Å²) in [6, 6.07) is 7.38. The Hall–Kier alpha value is -0.250. The van der Waals surface area contributed by atoms with Crippen molar-refractivity contribution >= 4 is 33.2 Å². The van der Waals surface area contributed by atoms with Gasteiger partial charge in [0, 0.05) is 29.6 Å². The molecule has 2 fully saturated rings. The highest BCUT2D eigenvalue weighted by Crippen LogP contribution is 2.34. The molecule has 2 unspecified atom stereocenters. The van der Waals surface area contributed by atoms with Crippen LogP contribution in [0.2, 0.25) is 5.02 Å². The molecule has 19 heavy (non-hydrogen) atoms. The van der Waals surface area contributed by atoms with Crippen LogP contribution in [0.1, 0.15) is 26.2 Å². The lowest BCUT2D eigenvalue weighted by molar-refractivity contribution is 0.115. The van der Waals surface area contributed by atoms with E-state index in [-0.39, 0.29) is 0 Å². The van der Waals surface area contributed by atoms with Crippen LogP contribution in [0, 0.1) is 0 Å². The third kappa shape index (κ3) is 2.79. The fourth-order valence-electron chi connectivity index (χ4n) is 3.39. The molecule has 2 aliphatic heterocycles. The molecule has 0 aliphatic carbocycles. The molecular weight excluding hydrogens is 324 g/mol. The summed E-state index contributed by atoms with van der Waals surface area (Å²) in [7, 11) is 0. The lowest BCUT2D eigenvalue weighted by Gasteiger charge is -2.48. The van der Waals surface area contributed by atoms with Gasteiger partial charge in [0.2, 0.25) is 0 Å². The number of hydrogen-bond acceptors (Lipinski definition) is 2. The zero-order valence-corrected chi connectivity index (χ0v) is 13.6. The SMILES string of the molecule is CC1CN2CCCCC2CN1c1cc(Br)ccc1Cl. The number of hydrogen-bond donors (Lipinski definition) is 0. The lowest BCUT2D eigenvalue weighted by atomic mass is 9.96. The highest BCUT2D eigenvalue weighted by molar-refractivity contribution is 9.10. The molecule has 1 aromatic rings. The fourth-order valence-corrected chi connectivity index (χ4v) is 3.97. The minimum atomic E-state index is 0.529. The predicted molar refractivity (Wildman–Crippen MR) is 85.2 cm³/mol. The zero-order chi connectivity index (χ0) is 13.4. The van der Waals surface area contributed by atoms with Gasteiger partial charge in [-0.05, 0) is 44.5 Å². The number of fused-ring (bicyclic) bond motifs is 1. The summed E-state index contributed by atoms with van der Waals surface area (Å²) in [6.45, 7) is 5.85. The molecule has 2 saturated heterocycles. The quantitative estimate of drug-likeness (QED) is 0.755. The van der Waals surface area contributed by atoms with Crippen LogP contribution < -0.4 is 4.90 Å². The largest absolute Gasteiger partial charge is 0.365 e. The molecule has 0 spiro atoms. The summed E-state index contributed by atoms with van der Waals surface area (Å²) in [6.07, 6.45) is 4.06. The Morgan fingerprint density at radius 3 is 2.95 bits per heavy atom. The molecule has 2 atom stereocenters. The van der Waals surface area contributed by atoms with E-state index in [9.17, 15) is 0 Å². The van der Waals surface area contributed by atoms with Crippen molar-refractivity contribution in [3.63, 3.8) is 0 Å². The van der Waals surface area contributed by atoms with Gasteiger partial charge >= 0.3 is 0 Å². The zero-order valence-electron chi connectivity index (χ0n) is 11.3. The van der Waals surface area contributed by atoms with Gasteiger partial charge in [0.25, 0.3) is 0 Å². The molecule has 2 nitrogen and oxygen atoms in total. The number of halogens is 2. The van der Waals surface area contributed by atoms with Crippen molar-refractivity contribution in [2.24, 2.45) is 0 Å². The average molecular weight is 344 g/mol. The van der Waals surface area contributed by atoms with E-state index in [1.807, 2.05) is 12.1 Å². The van der Waals surface area contributed by atoms with Gasteiger partial charge in [0.05, 0.1) is 10.7 Å². The highest BCUT2D eigenvalue weighted by atomic mass is 79.9.